The van der Waals surface area contributed by atoms with Crippen molar-refractivity contribution in [3.63, 3.8) is 0 Å². The van der Waals surface area contributed by atoms with Gasteiger partial charge in [0.1, 0.15) is 0 Å². The Morgan fingerprint density at radius 3 is 2.77 bits per heavy atom. The van der Waals surface area contributed by atoms with Gasteiger partial charge in [-0.25, -0.2) is 0 Å². The molecule has 35 heavy (non-hydrogen) atoms. The highest BCUT2D eigenvalue weighted by Crippen LogP contribution is 2.76. The Balaban J connectivity index is 1.39. The lowest BCUT2D eigenvalue weighted by Gasteiger charge is -2.58. The summed E-state index contributed by atoms with van der Waals surface area (Å²) in [5, 5.41) is 14.1. The maximum atomic E-state index is 13.8. The van der Waals surface area contributed by atoms with Crippen molar-refractivity contribution in [2.75, 3.05) is 24.7 Å². The number of carbonyl (C=O) groups is 1. The number of aliphatic hydroxyl groups excluding tert-OH is 1. The van der Waals surface area contributed by atoms with Gasteiger partial charge in [0, 0.05) is 36.5 Å². The molecule has 6 unspecified atom stereocenters. The van der Waals surface area contributed by atoms with Crippen LogP contribution in [0, 0.1) is 34.5 Å². The smallest absolute Gasteiger partial charge is 0.189 e. The normalized spacial score (nSPS) is 44.6. The van der Waals surface area contributed by atoms with Gasteiger partial charge in [-0.3, -0.25) is 9.79 Å². The molecule has 4 aliphatic carbocycles. The molecule has 0 radical (unpaired) electrons. The van der Waals surface area contributed by atoms with Gasteiger partial charge in [-0.2, -0.15) is 0 Å². The summed E-state index contributed by atoms with van der Waals surface area (Å²) in [7, 11) is 4.03. The minimum absolute atomic E-state index is 0.00186. The van der Waals surface area contributed by atoms with Crippen LogP contribution in [0.1, 0.15) is 84.0 Å². The van der Waals surface area contributed by atoms with Crippen molar-refractivity contribution >= 4 is 33.3 Å². The number of hydrogen-bond donors (Lipinski definition) is 3. The van der Waals surface area contributed by atoms with E-state index < -0.39 is 0 Å². The van der Waals surface area contributed by atoms with Crippen molar-refractivity contribution < 1.29 is 9.90 Å². The van der Waals surface area contributed by atoms with Gasteiger partial charge >= 0.3 is 0 Å². The van der Waals surface area contributed by atoms with Crippen LogP contribution in [0.25, 0.3) is 0 Å². The predicted molar refractivity (Wildman–Crippen MR) is 146 cm³/mol. The van der Waals surface area contributed by atoms with Gasteiger partial charge in [0.25, 0.3) is 0 Å². The zero-order valence-corrected chi connectivity index (χ0v) is 23.0. The van der Waals surface area contributed by atoms with Gasteiger partial charge in [-0.05, 0) is 79.6 Å². The summed E-state index contributed by atoms with van der Waals surface area (Å²) >= 11 is 0. The van der Waals surface area contributed by atoms with Crippen LogP contribution in [0.5, 0.6) is 0 Å². The van der Waals surface area contributed by atoms with Crippen molar-refractivity contribution in [1.82, 2.24) is 5.32 Å². The third-order valence-corrected chi connectivity index (χ3v) is 13.9. The summed E-state index contributed by atoms with van der Waals surface area (Å²) < 4.78 is 0. The summed E-state index contributed by atoms with van der Waals surface area (Å²) in [5.74, 6) is 5.35. The molecular weight excluding hydrogens is 474 g/mol. The topological polar surface area (TPSA) is 87.7 Å². The molecule has 0 amide bonds. The zero-order chi connectivity index (χ0) is 24.3. The predicted octanol–water partition coefficient (Wildman–Crippen LogP) is 5.09. The largest absolute Gasteiger partial charge is 0.396 e. The van der Waals surface area contributed by atoms with Gasteiger partial charge in [0.05, 0.1) is 5.54 Å². The van der Waals surface area contributed by atoms with Crippen LogP contribution in [-0.2, 0) is 4.79 Å². The molecule has 0 aromatic carbocycles. The number of nitrogens with zero attached hydrogens (tertiary/aromatic N) is 1. The average Bonchev–Trinajstić information content (AvgIpc) is 3.47. The number of nitrogens with one attached hydrogen (secondary N) is 1. The minimum Gasteiger partial charge on any atom is -0.396 e. The van der Waals surface area contributed by atoms with E-state index in [9.17, 15) is 9.90 Å². The van der Waals surface area contributed by atoms with Crippen molar-refractivity contribution in [3.05, 3.63) is 11.1 Å². The van der Waals surface area contributed by atoms with E-state index in [0.717, 1.165) is 63.0 Å². The van der Waals surface area contributed by atoms with Crippen LogP contribution >= 0.6 is 21.6 Å². The Morgan fingerprint density at radius 1 is 1.17 bits per heavy atom. The number of Topliss-reactive ketones (excluding diaryl/α,β-unsaturated/α-hetero) is 1. The van der Waals surface area contributed by atoms with Gasteiger partial charge in [0.15, 0.2) is 11.7 Å². The van der Waals surface area contributed by atoms with Gasteiger partial charge in [-0.15, -0.1) is 0 Å². The Kier molecular flexibility index (Phi) is 6.53. The number of aliphatic imine (C=N–C) groups is 1. The molecule has 0 aromatic heterocycles. The summed E-state index contributed by atoms with van der Waals surface area (Å²) in [6.07, 6.45) is 13.4. The summed E-state index contributed by atoms with van der Waals surface area (Å²) in [6, 6.07) is 0. The summed E-state index contributed by atoms with van der Waals surface area (Å²) in [5.41, 5.74) is 9.07. The van der Waals surface area contributed by atoms with E-state index in [2.05, 4.69) is 17.2 Å². The molecule has 6 aliphatic rings. The molecule has 3 fully saturated rings. The molecule has 5 nitrogen and oxygen atoms in total. The van der Waals surface area contributed by atoms with Crippen LogP contribution < -0.4 is 11.1 Å². The second-order valence-electron chi connectivity index (χ2n) is 12.7. The fourth-order valence-electron chi connectivity index (χ4n) is 9.76. The molecule has 5 bridgehead atoms. The monoisotopic (exact) mass is 517 g/mol. The number of rotatable bonds is 2. The van der Waals surface area contributed by atoms with E-state index in [0.29, 0.717) is 42.0 Å². The van der Waals surface area contributed by atoms with E-state index in [-0.39, 0.29) is 16.4 Å². The molecule has 7 heteroatoms. The van der Waals surface area contributed by atoms with Gasteiger partial charge in [0.2, 0.25) is 0 Å². The molecule has 2 aliphatic heterocycles. The lowest BCUT2D eigenvalue weighted by molar-refractivity contribution is -0.129. The standard InChI is InChI=1S/C28H43N3O2S2/c1-26-10-12-34-35-17-27(9-11-30-25(29)31-27)8-4-7-21-22-14-20(26)13-19(16-32)24(18-5-2-3-6-18)28(22,26)15-23(21)33/h18-20,24,32H,2-17H2,1H3,(H3,29,30,31). The Bertz CT molecular complexity index is 931. The lowest BCUT2D eigenvalue weighted by atomic mass is 9.45. The molecular formula is C28H43N3O2S2. The van der Waals surface area contributed by atoms with Crippen LogP contribution in [0.4, 0.5) is 0 Å². The summed E-state index contributed by atoms with van der Waals surface area (Å²) in [4.78, 5) is 18.2. The number of aliphatic hydroxyl groups is 1. The fourth-order valence-corrected chi connectivity index (χ4v) is 12.6. The van der Waals surface area contributed by atoms with Crippen molar-refractivity contribution in [3.8, 4) is 0 Å². The van der Waals surface area contributed by atoms with E-state index in [1.54, 1.807) is 5.57 Å². The summed E-state index contributed by atoms with van der Waals surface area (Å²) in [6.45, 7) is 3.65. The molecule has 0 aromatic rings. The fraction of sp³-hybridized carbons (Fsp3) is 0.857. The zero-order valence-electron chi connectivity index (χ0n) is 21.3. The third kappa shape index (κ3) is 3.76. The highest BCUT2D eigenvalue weighted by Gasteiger charge is 2.70. The first-order valence-corrected chi connectivity index (χ1v) is 16.6. The highest BCUT2D eigenvalue weighted by molar-refractivity contribution is 8.76. The van der Waals surface area contributed by atoms with E-state index in [1.807, 2.05) is 21.6 Å². The Hall–Kier alpha value is -0.660. The minimum atomic E-state index is -0.00467. The number of allylic oxidation sites excluding steroid dienone is 2. The first-order valence-electron chi connectivity index (χ1n) is 14.1. The van der Waals surface area contributed by atoms with Gasteiger partial charge in [-0.1, -0.05) is 59.8 Å². The van der Waals surface area contributed by atoms with E-state index in [4.69, 9.17) is 5.73 Å². The second-order valence-corrected chi connectivity index (χ2v) is 15.3. The lowest BCUT2D eigenvalue weighted by Crippen LogP contribution is -2.56. The average molecular weight is 518 g/mol. The Morgan fingerprint density at radius 2 is 2.00 bits per heavy atom. The van der Waals surface area contributed by atoms with Crippen LogP contribution in [0.3, 0.4) is 0 Å². The number of hydrogen-bond acceptors (Lipinski definition) is 7. The maximum Gasteiger partial charge on any atom is 0.189 e. The van der Waals surface area contributed by atoms with Crippen molar-refractivity contribution in [1.29, 1.82) is 0 Å². The molecule has 3 saturated carbocycles. The number of carbonyl (C=O) groups excluding carboxylic acids is 1. The highest BCUT2D eigenvalue weighted by atomic mass is 33.1. The SMILES string of the molecule is CC12CCSSCC3(CCCC4=C5CC1CC(CO)C(C1CCCC1)C52CC4=O)CCN=C(N)N3. The maximum absolute atomic E-state index is 13.8. The number of nitrogens with two attached hydrogens (primary N) is 1. The third-order valence-electron chi connectivity index (χ3n) is 11.3. The molecule has 6 rings (SSSR count). The first-order chi connectivity index (χ1) is 16.9. The molecule has 6 atom stereocenters. The van der Waals surface area contributed by atoms with E-state index in [1.165, 1.54) is 37.7 Å². The number of ketones is 1. The van der Waals surface area contributed by atoms with Gasteiger partial charge < -0.3 is 16.2 Å². The van der Waals surface area contributed by atoms with Crippen molar-refractivity contribution in [2.24, 2.45) is 45.2 Å². The first kappa shape index (κ1) is 24.7. The molecule has 0 saturated heterocycles. The van der Waals surface area contributed by atoms with Crippen LogP contribution in [-0.4, -0.2) is 47.0 Å². The van der Waals surface area contributed by atoms with Crippen molar-refractivity contribution in [2.45, 2.75) is 89.5 Å². The molecule has 2 heterocycles. The molecule has 2 spiro atoms. The van der Waals surface area contributed by atoms with E-state index >= 15 is 0 Å². The van der Waals surface area contributed by atoms with Crippen LogP contribution in [0.15, 0.2) is 16.1 Å². The number of guanidine groups is 1. The Labute approximate surface area is 218 Å². The molecule has 4 N–H and O–H groups in total. The quantitative estimate of drug-likeness (QED) is 0.442. The molecule has 194 valence electrons. The van der Waals surface area contributed by atoms with Crippen LogP contribution in [0.2, 0.25) is 0 Å². The second kappa shape index (κ2) is 9.27.